The fourth-order valence-electron chi connectivity index (χ4n) is 1.80. The first-order chi connectivity index (χ1) is 9.11. The highest BCUT2D eigenvalue weighted by Gasteiger charge is 2.10. The Morgan fingerprint density at radius 1 is 1.21 bits per heavy atom. The molecule has 0 bridgehead atoms. The average molecular weight is 368 g/mol. The van der Waals surface area contributed by atoms with E-state index in [2.05, 4.69) is 55.8 Å². The van der Waals surface area contributed by atoms with Crippen molar-refractivity contribution < 1.29 is 0 Å². The summed E-state index contributed by atoms with van der Waals surface area (Å²) >= 11 is 2.24. The van der Waals surface area contributed by atoms with E-state index < -0.39 is 0 Å². The summed E-state index contributed by atoms with van der Waals surface area (Å²) in [7, 11) is 0. The predicted molar refractivity (Wildman–Crippen MR) is 86.2 cm³/mol. The summed E-state index contributed by atoms with van der Waals surface area (Å²) in [6.07, 6.45) is 4.75. The molecule has 0 unspecified atom stereocenters. The van der Waals surface area contributed by atoms with Crippen molar-refractivity contribution in [3.05, 3.63) is 33.2 Å². The first kappa shape index (κ1) is 14.2. The Bertz CT molecular complexity index is 584. The molecule has 0 atom stereocenters. The van der Waals surface area contributed by atoms with E-state index in [4.69, 9.17) is 0 Å². The van der Waals surface area contributed by atoms with Crippen molar-refractivity contribution in [2.24, 2.45) is 0 Å². The van der Waals surface area contributed by atoms with Crippen LogP contribution in [0.3, 0.4) is 0 Å². The van der Waals surface area contributed by atoms with Crippen LogP contribution >= 0.6 is 22.6 Å². The van der Waals surface area contributed by atoms with E-state index in [1.807, 2.05) is 26.2 Å². The van der Waals surface area contributed by atoms with Gasteiger partial charge in [0.05, 0.1) is 3.57 Å². The van der Waals surface area contributed by atoms with Crippen LogP contribution in [0.25, 0.3) is 11.5 Å². The van der Waals surface area contributed by atoms with Crippen molar-refractivity contribution in [2.45, 2.75) is 27.2 Å². The highest BCUT2D eigenvalue weighted by molar-refractivity contribution is 14.1. The second-order valence-electron chi connectivity index (χ2n) is 4.50. The molecule has 0 saturated carbocycles. The Morgan fingerprint density at radius 2 is 2.00 bits per heavy atom. The molecule has 0 radical (unpaired) electrons. The summed E-state index contributed by atoms with van der Waals surface area (Å²) in [5.41, 5.74) is 3.10. The lowest BCUT2D eigenvalue weighted by atomic mass is 10.1. The highest BCUT2D eigenvalue weighted by atomic mass is 127. The molecule has 2 rings (SSSR count). The smallest absolute Gasteiger partial charge is 0.180 e. The number of rotatable bonds is 4. The standard InChI is InChI=1S/C14H17IN4/c1-4-5-16-13-11(15)8-18-14(19-13)12-10(3)6-9(2)7-17-12/h6-8H,4-5H2,1-3H3,(H,16,18,19). The first-order valence-electron chi connectivity index (χ1n) is 6.32. The Hall–Kier alpha value is -1.24. The number of pyridine rings is 1. The molecule has 100 valence electrons. The monoisotopic (exact) mass is 368 g/mol. The van der Waals surface area contributed by atoms with E-state index in [1.165, 1.54) is 0 Å². The molecule has 0 aliphatic heterocycles. The molecule has 19 heavy (non-hydrogen) atoms. The molecule has 2 aromatic heterocycles. The zero-order valence-electron chi connectivity index (χ0n) is 11.4. The third-order valence-electron chi connectivity index (χ3n) is 2.71. The van der Waals surface area contributed by atoms with E-state index >= 15 is 0 Å². The van der Waals surface area contributed by atoms with Gasteiger partial charge in [0.15, 0.2) is 5.82 Å². The maximum atomic E-state index is 4.58. The van der Waals surface area contributed by atoms with E-state index in [0.717, 1.165) is 39.2 Å². The summed E-state index contributed by atoms with van der Waals surface area (Å²) in [4.78, 5) is 13.4. The van der Waals surface area contributed by atoms with Gasteiger partial charge in [0.25, 0.3) is 0 Å². The van der Waals surface area contributed by atoms with Crippen LogP contribution in [-0.2, 0) is 0 Å². The normalized spacial score (nSPS) is 10.5. The molecule has 2 heterocycles. The van der Waals surface area contributed by atoms with Crippen LogP contribution in [0, 0.1) is 17.4 Å². The second-order valence-corrected chi connectivity index (χ2v) is 5.66. The Morgan fingerprint density at radius 3 is 2.68 bits per heavy atom. The third-order valence-corrected chi connectivity index (χ3v) is 3.50. The fourth-order valence-corrected chi connectivity index (χ4v) is 2.25. The summed E-state index contributed by atoms with van der Waals surface area (Å²) in [6.45, 7) is 7.11. The third kappa shape index (κ3) is 3.40. The van der Waals surface area contributed by atoms with Crippen molar-refractivity contribution in [3.8, 4) is 11.5 Å². The van der Waals surface area contributed by atoms with Gasteiger partial charge in [0.2, 0.25) is 0 Å². The van der Waals surface area contributed by atoms with E-state index in [9.17, 15) is 0 Å². The lowest BCUT2D eigenvalue weighted by molar-refractivity contribution is 0.961. The van der Waals surface area contributed by atoms with E-state index in [1.54, 1.807) is 0 Å². The van der Waals surface area contributed by atoms with Gasteiger partial charge < -0.3 is 5.32 Å². The number of hydrogen-bond donors (Lipinski definition) is 1. The van der Waals surface area contributed by atoms with Crippen molar-refractivity contribution in [1.82, 2.24) is 15.0 Å². The van der Waals surface area contributed by atoms with Crippen LogP contribution in [0.1, 0.15) is 24.5 Å². The quantitative estimate of drug-likeness (QED) is 0.839. The minimum Gasteiger partial charge on any atom is -0.369 e. The minimum atomic E-state index is 0.677. The summed E-state index contributed by atoms with van der Waals surface area (Å²) in [6, 6.07) is 2.10. The second kappa shape index (κ2) is 6.27. The summed E-state index contributed by atoms with van der Waals surface area (Å²) < 4.78 is 1.03. The van der Waals surface area contributed by atoms with Crippen molar-refractivity contribution in [3.63, 3.8) is 0 Å². The zero-order valence-corrected chi connectivity index (χ0v) is 13.5. The van der Waals surface area contributed by atoms with Crippen LogP contribution in [-0.4, -0.2) is 21.5 Å². The van der Waals surface area contributed by atoms with Crippen molar-refractivity contribution in [2.75, 3.05) is 11.9 Å². The molecule has 4 nitrogen and oxygen atoms in total. The molecule has 0 amide bonds. The van der Waals surface area contributed by atoms with Gasteiger partial charge >= 0.3 is 0 Å². The molecular formula is C14H17IN4. The maximum Gasteiger partial charge on any atom is 0.180 e. The van der Waals surface area contributed by atoms with Crippen LogP contribution in [0.4, 0.5) is 5.82 Å². The lowest BCUT2D eigenvalue weighted by Gasteiger charge is -2.09. The van der Waals surface area contributed by atoms with Crippen molar-refractivity contribution in [1.29, 1.82) is 0 Å². The topological polar surface area (TPSA) is 50.7 Å². The first-order valence-corrected chi connectivity index (χ1v) is 7.39. The maximum absolute atomic E-state index is 4.58. The van der Waals surface area contributed by atoms with Gasteiger partial charge in [-0.3, -0.25) is 4.98 Å². The molecule has 0 saturated heterocycles. The lowest BCUT2D eigenvalue weighted by Crippen LogP contribution is -2.06. The van der Waals surface area contributed by atoms with Crippen LogP contribution in [0.2, 0.25) is 0 Å². The van der Waals surface area contributed by atoms with Gasteiger partial charge in [-0.1, -0.05) is 13.0 Å². The van der Waals surface area contributed by atoms with E-state index in [0.29, 0.717) is 5.82 Å². The summed E-state index contributed by atoms with van der Waals surface area (Å²) in [5.74, 6) is 1.56. The fraction of sp³-hybridized carbons (Fsp3) is 0.357. The van der Waals surface area contributed by atoms with Gasteiger partial charge in [0, 0.05) is 18.9 Å². The van der Waals surface area contributed by atoms with Gasteiger partial charge in [-0.2, -0.15) is 0 Å². The Kier molecular flexibility index (Phi) is 4.68. The molecule has 2 aromatic rings. The molecule has 1 N–H and O–H groups in total. The summed E-state index contributed by atoms with van der Waals surface area (Å²) in [5, 5.41) is 3.32. The minimum absolute atomic E-state index is 0.677. The largest absolute Gasteiger partial charge is 0.369 e. The zero-order chi connectivity index (χ0) is 13.8. The van der Waals surface area contributed by atoms with E-state index in [-0.39, 0.29) is 0 Å². The van der Waals surface area contributed by atoms with Gasteiger partial charge in [-0.05, 0) is 54.0 Å². The average Bonchev–Trinajstić information content (AvgIpc) is 2.38. The molecule has 0 fully saturated rings. The molecule has 0 aliphatic rings. The Labute approximate surface area is 127 Å². The number of halogens is 1. The van der Waals surface area contributed by atoms with Crippen LogP contribution < -0.4 is 5.32 Å². The number of anilines is 1. The number of aryl methyl sites for hydroxylation is 2. The molecular weight excluding hydrogens is 351 g/mol. The molecule has 0 aliphatic carbocycles. The number of nitrogens with zero attached hydrogens (tertiary/aromatic N) is 3. The molecule has 5 heteroatoms. The van der Waals surface area contributed by atoms with Crippen LogP contribution in [0.5, 0.6) is 0 Å². The van der Waals surface area contributed by atoms with Gasteiger partial charge in [-0.15, -0.1) is 0 Å². The molecule has 0 spiro atoms. The number of hydrogen-bond acceptors (Lipinski definition) is 4. The molecule has 0 aromatic carbocycles. The SMILES string of the molecule is CCCNc1nc(-c2ncc(C)cc2C)ncc1I. The number of aromatic nitrogens is 3. The highest BCUT2D eigenvalue weighted by Crippen LogP contribution is 2.22. The predicted octanol–water partition coefficient (Wildman–Crippen LogP) is 3.58. The number of nitrogens with one attached hydrogen (secondary N) is 1. The van der Waals surface area contributed by atoms with Gasteiger partial charge in [0.1, 0.15) is 11.5 Å². The Balaban J connectivity index is 2.39. The van der Waals surface area contributed by atoms with Gasteiger partial charge in [-0.25, -0.2) is 9.97 Å². The van der Waals surface area contributed by atoms with Crippen LogP contribution in [0.15, 0.2) is 18.5 Å². The van der Waals surface area contributed by atoms with Crippen molar-refractivity contribution >= 4 is 28.4 Å².